The van der Waals surface area contributed by atoms with E-state index in [-0.39, 0.29) is 0 Å². The lowest BCUT2D eigenvalue weighted by atomic mass is 10.4. The number of aryl methyl sites for hydroxylation is 1. The Morgan fingerprint density at radius 3 is 2.36 bits per heavy atom. The molecule has 1 aromatic heterocycles. The summed E-state index contributed by atoms with van der Waals surface area (Å²) in [6.45, 7) is 4.22. The van der Waals surface area contributed by atoms with Crippen molar-refractivity contribution >= 4 is 0 Å². The minimum Gasteiger partial charge on any atom is -0.335 e. The lowest BCUT2D eigenvalue weighted by molar-refractivity contribution is 0.778. The van der Waals surface area contributed by atoms with Gasteiger partial charge in [-0.1, -0.05) is 0 Å². The molecule has 0 bridgehead atoms. The molecule has 0 spiro atoms. The third-order valence-corrected chi connectivity index (χ3v) is 2.60. The van der Waals surface area contributed by atoms with E-state index in [2.05, 4.69) is 30.4 Å². The van der Waals surface area contributed by atoms with Crippen molar-refractivity contribution in [1.82, 2.24) is 9.55 Å². The molecule has 1 saturated carbocycles. The van der Waals surface area contributed by atoms with Crippen molar-refractivity contribution in [2.24, 2.45) is 7.05 Å². The summed E-state index contributed by atoms with van der Waals surface area (Å²) in [5, 5.41) is 0. The molecule has 0 radical (unpaired) electrons. The van der Waals surface area contributed by atoms with Gasteiger partial charge < -0.3 is 4.57 Å². The summed E-state index contributed by atoms with van der Waals surface area (Å²) in [5.41, 5.74) is 2.50. The Hall–Kier alpha value is -0.790. The van der Waals surface area contributed by atoms with E-state index in [1.54, 1.807) is 0 Å². The van der Waals surface area contributed by atoms with Crippen LogP contribution in [0.25, 0.3) is 0 Å². The molecule has 2 rings (SSSR count). The van der Waals surface area contributed by atoms with Crippen molar-refractivity contribution in [3.8, 4) is 0 Å². The highest BCUT2D eigenvalue weighted by Crippen LogP contribution is 2.39. The van der Waals surface area contributed by atoms with Gasteiger partial charge in [-0.3, -0.25) is 0 Å². The predicted molar refractivity (Wildman–Crippen MR) is 44.7 cm³/mol. The third-order valence-electron chi connectivity index (χ3n) is 2.60. The molecule has 0 aliphatic heterocycles. The first-order valence-electron chi connectivity index (χ1n) is 4.20. The first kappa shape index (κ1) is 6.89. The van der Waals surface area contributed by atoms with Crippen LogP contribution in [0.2, 0.25) is 0 Å². The minimum atomic E-state index is 0.771. The summed E-state index contributed by atoms with van der Waals surface area (Å²) in [4.78, 5) is 4.53. The van der Waals surface area contributed by atoms with Crippen LogP contribution >= 0.6 is 0 Å². The standard InChI is InChI=1S/C9H14N2/c1-6-7(2)11(3)9(10-6)8-4-5-8/h8H,4-5H2,1-3H3. The maximum absolute atomic E-state index is 4.53. The molecule has 60 valence electrons. The fraction of sp³-hybridized carbons (Fsp3) is 0.667. The summed E-state index contributed by atoms with van der Waals surface area (Å²) < 4.78 is 2.23. The lowest BCUT2D eigenvalue weighted by Gasteiger charge is -1.99. The van der Waals surface area contributed by atoms with E-state index >= 15 is 0 Å². The van der Waals surface area contributed by atoms with Crippen LogP contribution in [-0.2, 0) is 7.05 Å². The zero-order valence-corrected chi connectivity index (χ0v) is 7.39. The van der Waals surface area contributed by atoms with Gasteiger partial charge in [0.2, 0.25) is 0 Å². The quantitative estimate of drug-likeness (QED) is 0.598. The van der Waals surface area contributed by atoms with Gasteiger partial charge in [0.05, 0.1) is 5.69 Å². The van der Waals surface area contributed by atoms with Crippen LogP contribution in [0.3, 0.4) is 0 Å². The summed E-state index contributed by atoms with van der Waals surface area (Å²) in [5.74, 6) is 2.06. The van der Waals surface area contributed by atoms with Gasteiger partial charge in [-0.2, -0.15) is 0 Å². The number of nitrogens with zero attached hydrogens (tertiary/aromatic N) is 2. The molecule has 2 heteroatoms. The van der Waals surface area contributed by atoms with Gasteiger partial charge in [0.25, 0.3) is 0 Å². The summed E-state index contributed by atoms with van der Waals surface area (Å²) in [6.07, 6.45) is 2.67. The molecule has 0 N–H and O–H groups in total. The van der Waals surface area contributed by atoms with Crippen molar-refractivity contribution in [3.63, 3.8) is 0 Å². The zero-order chi connectivity index (χ0) is 8.01. The Bertz CT molecular complexity index is 282. The van der Waals surface area contributed by atoms with Crippen molar-refractivity contribution in [3.05, 3.63) is 17.2 Å². The smallest absolute Gasteiger partial charge is 0.112 e. The van der Waals surface area contributed by atoms with Crippen molar-refractivity contribution < 1.29 is 0 Å². The first-order valence-corrected chi connectivity index (χ1v) is 4.20. The van der Waals surface area contributed by atoms with E-state index in [1.165, 1.54) is 30.1 Å². The Labute approximate surface area is 67.3 Å². The topological polar surface area (TPSA) is 17.8 Å². The Morgan fingerprint density at radius 2 is 2.00 bits per heavy atom. The van der Waals surface area contributed by atoms with Crippen molar-refractivity contribution in [1.29, 1.82) is 0 Å². The molecule has 0 saturated heterocycles. The van der Waals surface area contributed by atoms with Crippen LogP contribution in [-0.4, -0.2) is 9.55 Å². The fourth-order valence-electron chi connectivity index (χ4n) is 1.45. The van der Waals surface area contributed by atoms with Crippen LogP contribution in [0.4, 0.5) is 0 Å². The highest BCUT2D eigenvalue weighted by molar-refractivity contribution is 5.18. The van der Waals surface area contributed by atoms with Gasteiger partial charge >= 0.3 is 0 Å². The lowest BCUT2D eigenvalue weighted by Crippen LogP contribution is -1.96. The van der Waals surface area contributed by atoms with Crippen LogP contribution < -0.4 is 0 Å². The van der Waals surface area contributed by atoms with E-state index in [1.807, 2.05) is 0 Å². The highest BCUT2D eigenvalue weighted by atomic mass is 15.1. The van der Waals surface area contributed by atoms with E-state index in [0.29, 0.717) is 0 Å². The molecule has 1 fully saturated rings. The van der Waals surface area contributed by atoms with Crippen LogP contribution in [0, 0.1) is 13.8 Å². The van der Waals surface area contributed by atoms with Gasteiger partial charge in [0.1, 0.15) is 5.82 Å². The maximum atomic E-state index is 4.53. The molecule has 1 aliphatic carbocycles. The summed E-state index contributed by atoms with van der Waals surface area (Å²) >= 11 is 0. The van der Waals surface area contributed by atoms with Gasteiger partial charge in [0.15, 0.2) is 0 Å². The largest absolute Gasteiger partial charge is 0.335 e. The number of imidazole rings is 1. The molecule has 0 atom stereocenters. The first-order chi connectivity index (χ1) is 5.20. The molecule has 2 nitrogen and oxygen atoms in total. The second kappa shape index (κ2) is 2.10. The number of rotatable bonds is 1. The molecule has 0 unspecified atom stereocenters. The molecular weight excluding hydrogens is 136 g/mol. The van der Waals surface area contributed by atoms with Crippen LogP contribution in [0.1, 0.15) is 36.0 Å². The monoisotopic (exact) mass is 150 g/mol. The normalized spacial score (nSPS) is 17.4. The van der Waals surface area contributed by atoms with Gasteiger partial charge in [-0.25, -0.2) is 4.98 Å². The molecule has 0 aromatic carbocycles. The minimum absolute atomic E-state index is 0.771. The third kappa shape index (κ3) is 0.971. The average Bonchev–Trinajstić information content (AvgIpc) is 2.76. The molecular formula is C9H14N2. The van der Waals surface area contributed by atoms with Crippen LogP contribution in [0.15, 0.2) is 0 Å². The maximum Gasteiger partial charge on any atom is 0.112 e. The second-order valence-corrected chi connectivity index (χ2v) is 3.47. The van der Waals surface area contributed by atoms with Crippen molar-refractivity contribution in [2.75, 3.05) is 0 Å². The number of hydrogen-bond donors (Lipinski definition) is 0. The summed E-state index contributed by atoms with van der Waals surface area (Å²) in [6, 6.07) is 0. The van der Waals surface area contributed by atoms with Crippen molar-refractivity contribution in [2.45, 2.75) is 32.6 Å². The molecule has 1 heterocycles. The van der Waals surface area contributed by atoms with Gasteiger partial charge in [-0.05, 0) is 26.7 Å². The van der Waals surface area contributed by atoms with E-state index in [0.717, 1.165) is 5.92 Å². The number of aromatic nitrogens is 2. The summed E-state index contributed by atoms with van der Waals surface area (Å²) in [7, 11) is 2.11. The van der Waals surface area contributed by atoms with E-state index in [9.17, 15) is 0 Å². The molecule has 0 amide bonds. The Kier molecular flexibility index (Phi) is 1.31. The molecule has 11 heavy (non-hydrogen) atoms. The molecule has 1 aliphatic rings. The fourth-order valence-corrected chi connectivity index (χ4v) is 1.45. The van der Waals surface area contributed by atoms with Gasteiger partial charge in [-0.15, -0.1) is 0 Å². The Morgan fingerprint density at radius 1 is 1.36 bits per heavy atom. The van der Waals surface area contributed by atoms with Gasteiger partial charge in [0, 0.05) is 18.7 Å². The molecule has 1 aromatic rings. The van der Waals surface area contributed by atoms with E-state index in [4.69, 9.17) is 0 Å². The Balaban J connectivity index is 2.46. The highest BCUT2D eigenvalue weighted by Gasteiger charge is 2.28. The SMILES string of the molecule is Cc1nc(C2CC2)n(C)c1C. The number of hydrogen-bond acceptors (Lipinski definition) is 1. The zero-order valence-electron chi connectivity index (χ0n) is 7.39. The second-order valence-electron chi connectivity index (χ2n) is 3.47. The average molecular weight is 150 g/mol. The van der Waals surface area contributed by atoms with E-state index < -0.39 is 0 Å². The predicted octanol–water partition coefficient (Wildman–Crippen LogP) is 1.91. The van der Waals surface area contributed by atoms with Crippen LogP contribution in [0.5, 0.6) is 0 Å².